The zero-order valence-electron chi connectivity index (χ0n) is 7.25. The van der Waals surface area contributed by atoms with Crippen LogP contribution in [0.2, 0.25) is 0 Å². The van der Waals surface area contributed by atoms with Gasteiger partial charge in [0.1, 0.15) is 0 Å². The largest absolute Gasteiger partial charge is 1.00 e. The van der Waals surface area contributed by atoms with Gasteiger partial charge in [0, 0.05) is 0 Å². The molecule has 0 fully saturated rings. The van der Waals surface area contributed by atoms with Crippen LogP contribution in [0.3, 0.4) is 0 Å². The van der Waals surface area contributed by atoms with Crippen molar-refractivity contribution in [3.8, 4) is 0 Å². The van der Waals surface area contributed by atoms with Gasteiger partial charge in [0.05, 0.1) is 0 Å². The fourth-order valence-corrected chi connectivity index (χ4v) is 0. The van der Waals surface area contributed by atoms with E-state index in [0.717, 1.165) is 0 Å². The summed E-state index contributed by atoms with van der Waals surface area (Å²) in [6, 6.07) is 0. The maximum absolute atomic E-state index is 6.25. The van der Waals surface area contributed by atoms with E-state index in [2.05, 4.69) is 0 Å². The van der Waals surface area contributed by atoms with Crippen molar-refractivity contribution in [3.63, 3.8) is 0 Å². The molecule has 0 unspecified atom stereocenters. The van der Waals surface area contributed by atoms with E-state index in [1.165, 1.54) is 0 Å². The molecule has 0 heterocycles. The Morgan fingerprint density at radius 3 is 0.667 bits per heavy atom. The summed E-state index contributed by atoms with van der Waals surface area (Å²) in [5.74, 6) is 0. The van der Waals surface area contributed by atoms with Crippen molar-refractivity contribution in [2.24, 2.45) is 0 Å². The molecule has 0 aliphatic heterocycles. The predicted octanol–water partition coefficient (Wildman–Crippen LogP) is -7.54. The van der Waals surface area contributed by atoms with Gasteiger partial charge in [-0.3, -0.25) is 0 Å². The normalized spacial score (nSPS) is 0.222. The van der Waals surface area contributed by atoms with E-state index >= 15 is 0 Å². The molecular formula is C4H9CuLi3N. The molecule has 0 aromatic heterocycles. The first-order chi connectivity index (χ1) is 1.00. The van der Waals surface area contributed by atoms with Gasteiger partial charge in [-0.2, -0.15) is 0 Å². The van der Waals surface area contributed by atoms with E-state index in [-0.39, 0.29) is 95.9 Å². The summed E-state index contributed by atoms with van der Waals surface area (Å²) in [7, 11) is 0. The minimum Gasteiger partial charge on any atom is -0.512 e. The Morgan fingerprint density at radius 2 is 0.667 bits per heavy atom. The van der Waals surface area contributed by atoms with Gasteiger partial charge in [0.25, 0.3) is 0 Å². The first-order valence-electron chi connectivity index (χ1n) is 0.224. The first-order valence-corrected chi connectivity index (χ1v) is 0.224. The predicted molar refractivity (Wildman–Crippen MR) is 24.2 cm³/mol. The van der Waals surface area contributed by atoms with Crippen molar-refractivity contribution in [1.29, 1.82) is 5.26 Å². The third-order valence-corrected chi connectivity index (χ3v) is 0. The van der Waals surface area contributed by atoms with E-state index < -0.39 is 0 Å². The van der Waals surface area contributed by atoms with Crippen LogP contribution in [0.5, 0.6) is 0 Å². The Labute approximate surface area is 107 Å². The molecule has 44 valence electrons. The third kappa shape index (κ3) is 184. The van der Waals surface area contributed by atoms with Crippen LogP contribution in [0.15, 0.2) is 0 Å². The Bertz CT molecular complexity index is 20.5. The second-order valence-electron chi connectivity index (χ2n) is 0. The van der Waals surface area contributed by atoms with Gasteiger partial charge in [0.2, 0.25) is 0 Å². The molecule has 5 heteroatoms. The number of rotatable bonds is 0. The van der Waals surface area contributed by atoms with Crippen molar-refractivity contribution < 1.29 is 73.7 Å². The van der Waals surface area contributed by atoms with Crippen LogP contribution < -0.4 is 56.6 Å². The van der Waals surface area contributed by atoms with Crippen LogP contribution in [0.25, 0.3) is 0 Å². The van der Waals surface area contributed by atoms with E-state index in [0.29, 0.717) is 0 Å². The third-order valence-electron chi connectivity index (χ3n) is 0. The smallest absolute Gasteiger partial charge is 0.512 e. The monoisotopic (exact) mass is 155 g/mol. The van der Waals surface area contributed by atoms with Crippen molar-refractivity contribution in [3.05, 3.63) is 28.9 Å². The van der Waals surface area contributed by atoms with Crippen LogP contribution in [-0.4, -0.2) is 0 Å². The van der Waals surface area contributed by atoms with Crippen molar-refractivity contribution >= 4 is 0 Å². The SMILES string of the molecule is [C-]#N.[CH3-].[CH3-].[CH3-].[Cu+].[Li+].[Li+].[Li+]. The average Bonchev–Trinajstić information content (AvgIpc) is 1.00. The van der Waals surface area contributed by atoms with Gasteiger partial charge in [-0.15, -0.1) is 0 Å². The molecule has 1 nitrogen and oxygen atoms in total. The van der Waals surface area contributed by atoms with Crippen molar-refractivity contribution in [1.82, 2.24) is 0 Å². The topological polar surface area (TPSA) is 23.8 Å². The van der Waals surface area contributed by atoms with Crippen LogP contribution in [-0.2, 0) is 17.1 Å². The van der Waals surface area contributed by atoms with Gasteiger partial charge in [-0.05, 0) is 0 Å². The van der Waals surface area contributed by atoms with Gasteiger partial charge in [0.15, 0.2) is 0 Å². The van der Waals surface area contributed by atoms with Crippen LogP contribution in [0.1, 0.15) is 0 Å². The zero-order valence-corrected chi connectivity index (χ0v) is 8.19. The molecule has 0 aliphatic rings. The summed E-state index contributed by atoms with van der Waals surface area (Å²) in [4.78, 5) is 0. The summed E-state index contributed by atoms with van der Waals surface area (Å²) < 4.78 is 0. The van der Waals surface area contributed by atoms with E-state index in [1.807, 2.05) is 0 Å². The molecule has 0 rings (SSSR count). The summed E-state index contributed by atoms with van der Waals surface area (Å²) in [5, 5.41) is 6.25. The van der Waals surface area contributed by atoms with E-state index in [1.54, 1.807) is 0 Å². The second-order valence-corrected chi connectivity index (χ2v) is 0. The zero-order chi connectivity index (χ0) is 2.00. The molecule has 0 aromatic carbocycles. The molecule has 0 atom stereocenters. The summed E-state index contributed by atoms with van der Waals surface area (Å²) in [6.45, 7) is 4.75. The first kappa shape index (κ1) is 132. The number of hydrogen-bond donors (Lipinski definition) is 0. The Hall–Kier alpha value is 1.80. The van der Waals surface area contributed by atoms with Crippen LogP contribution in [0, 0.1) is 34.1 Å². The minimum absolute atomic E-state index is 0. The average molecular weight is 155 g/mol. The molecule has 0 aliphatic carbocycles. The van der Waals surface area contributed by atoms with Crippen molar-refractivity contribution in [2.45, 2.75) is 0 Å². The molecule has 0 aromatic rings. The Kier molecular flexibility index (Phi) is 3440. The molecule has 0 amide bonds. The number of hydrogen-bond acceptors (Lipinski definition) is 1. The van der Waals surface area contributed by atoms with Gasteiger partial charge < -0.3 is 34.1 Å². The molecule has 0 N–H and O–H groups in total. The molecule has 0 radical (unpaired) electrons. The maximum Gasteiger partial charge on any atom is 1.00 e. The second kappa shape index (κ2) is 234. The van der Waals surface area contributed by atoms with Crippen LogP contribution >= 0.6 is 0 Å². The summed E-state index contributed by atoms with van der Waals surface area (Å²) in [5.41, 5.74) is 0. The molecule has 0 saturated carbocycles. The van der Waals surface area contributed by atoms with Gasteiger partial charge in [-0.1, -0.05) is 0 Å². The summed E-state index contributed by atoms with van der Waals surface area (Å²) >= 11 is 0. The molecule has 0 bridgehead atoms. The molecule has 9 heavy (non-hydrogen) atoms. The molecule has 0 spiro atoms. The fraction of sp³-hybridized carbons (Fsp3) is 0. The molecular weight excluding hydrogens is 146 g/mol. The standard InChI is InChI=1S/CN.3CH3.Cu.3Li/c1-2;;;;;;;/h;3*1H3;;;;/q4*-1;4*+1. The van der Waals surface area contributed by atoms with E-state index in [9.17, 15) is 0 Å². The summed E-state index contributed by atoms with van der Waals surface area (Å²) in [6.07, 6.45) is 0. The van der Waals surface area contributed by atoms with Gasteiger partial charge in [-0.25, -0.2) is 0 Å². The Morgan fingerprint density at radius 1 is 0.667 bits per heavy atom. The fourth-order valence-electron chi connectivity index (χ4n) is 0. The Balaban J connectivity index is -0.000000000238. The minimum atomic E-state index is 0. The quantitative estimate of drug-likeness (QED) is 0.252. The van der Waals surface area contributed by atoms with E-state index in [4.69, 9.17) is 11.8 Å². The van der Waals surface area contributed by atoms with Crippen LogP contribution in [0.4, 0.5) is 0 Å². The van der Waals surface area contributed by atoms with Crippen molar-refractivity contribution in [2.75, 3.05) is 0 Å². The number of nitrogens with zero attached hydrogens (tertiary/aromatic N) is 1. The molecule has 0 saturated heterocycles. The maximum atomic E-state index is 6.25. The van der Waals surface area contributed by atoms with Gasteiger partial charge >= 0.3 is 73.7 Å².